The van der Waals surface area contributed by atoms with Crippen LogP contribution in [0.5, 0.6) is 0 Å². The predicted octanol–water partition coefficient (Wildman–Crippen LogP) is 2.40. The van der Waals surface area contributed by atoms with Crippen LogP contribution in [0.2, 0.25) is 0 Å². The topological polar surface area (TPSA) is 61.5 Å². The second kappa shape index (κ2) is 8.48. The molecule has 0 bridgehead atoms. The van der Waals surface area contributed by atoms with E-state index in [1.54, 1.807) is 0 Å². The summed E-state index contributed by atoms with van der Waals surface area (Å²) in [6.07, 6.45) is 8.79. The first kappa shape index (κ1) is 15.4. The average molecular weight is 257 g/mol. The van der Waals surface area contributed by atoms with E-state index < -0.39 is 0 Å². The molecule has 0 saturated heterocycles. The van der Waals surface area contributed by atoms with Gasteiger partial charge in [-0.25, -0.2) is 4.79 Å². The molecule has 1 aliphatic rings. The minimum Gasteiger partial charge on any atom is -0.464 e. The zero-order valence-corrected chi connectivity index (χ0v) is 11.6. The van der Waals surface area contributed by atoms with Gasteiger partial charge in [0.05, 0.1) is 13.2 Å². The van der Waals surface area contributed by atoms with Gasteiger partial charge in [-0.05, 0) is 19.3 Å². The van der Waals surface area contributed by atoms with Crippen molar-refractivity contribution in [2.24, 2.45) is 5.73 Å². The number of carbonyl (C=O) groups excluding carboxylic acids is 1. The molecule has 4 nitrogen and oxygen atoms in total. The zero-order chi connectivity index (χ0) is 13.3. The molecule has 2 N–H and O–H groups in total. The maximum Gasteiger partial charge on any atom is 0.332 e. The van der Waals surface area contributed by atoms with Crippen LogP contribution in [0, 0.1) is 0 Å². The van der Waals surface area contributed by atoms with Crippen molar-refractivity contribution in [2.75, 3.05) is 19.8 Å². The minimum atomic E-state index is -0.277. The molecule has 1 fully saturated rings. The van der Waals surface area contributed by atoms with Crippen molar-refractivity contribution in [3.05, 3.63) is 0 Å². The molecule has 1 aliphatic carbocycles. The lowest BCUT2D eigenvalue weighted by atomic mass is 9.93. The Morgan fingerprint density at radius 1 is 1.22 bits per heavy atom. The summed E-state index contributed by atoms with van der Waals surface area (Å²) < 4.78 is 10.4. The Labute approximate surface area is 110 Å². The summed E-state index contributed by atoms with van der Waals surface area (Å²) in [5.74, 6) is -0.277. The lowest BCUT2D eigenvalue weighted by molar-refractivity contribution is -0.149. The fourth-order valence-corrected chi connectivity index (χ4v) is 2.29. The standard InChI is InChI=1S/C14H27NO3/c1-2-3-10-18-13(16)11-17-12-14(15)8-6-4-5-7-9-14/h2-12,15H2,1H3. The summed E-state index contributed by atoms with van der Waals surface area (Å²) >= 11 is 0. The highest BCUT2D eigenvalue weighted by Crippen LogP contribution is 2.25. The van der Waals surface area contributed by atoms with Crippen LogP contribution in [0.1, 0.15) is 58.3 Å². The van der Waals surface area contributed by atoms with Gasteiger partial charge in [-0.3, -0.25) is 0 Å². The smallest absolute Gasteiger partial charge is 0.332 e. The van der Waals surface area contributed by atoms with Crippen molar-refractivity contribution in [1.29, 1.82) is 0 Å². The number of esters is 1. The molecule has 0 aromatic rings. The van der Waals surface area contributed by atoms with Gasteiger partial charge in [-0.1, -0.05) is 39.0 Å². The van der Waals surface area contributed by atoms with Gasteiger partial charge >= 0.3 is 5.97 Å². The molecule has 0 amide bonds. The molecule has 0 unspecified atom stereocenters. The molecule has 0 atom stereocenters. The summed E-state index contributed by atoms with van der Waals surface area (Å²) in [7, 11) is 0. The van der Waals surface area contributed by atoms with Gasteiger partial charge in [0.25, 0.3) is 0 Å². The maximum atomic E-state index is 11.3. The second-order valence-electron chi connectivity index (χ2n) is 5.34. The predicted molar refractivity (Wildman–Crippen MR) is 71.3 cm³/mol. The summed E-state index contributed by atoms with van der Waals surface area (Å²) in [4.78, 5) is 11.3. The Morgan fingerprint density at radius 2 is 1.89 bits per heavy atom. The fourth-order valence-electron chi connectivity index (χ4n) is 2.29. The van der Waals surface area contributed by atoms with Gasteiger partial charge in [-0.15, -0.1) is 0 Å². The molecule has 4 heteroatoms. The van der Waals surface area contributed by atoms with E-state index in [4.69, 9.17) is 15.2 Å². The minimum absolute atomic E-state index is 0.0304. The van der Waals surface area contributed by atoms with Crippen molar-refractivity contribution in [3.63, 3.8) is 0 Å². The number of ether oxygens (including phenoxy) is 2. The van der Waals surface area contributed by atoms with E-state index >= 15 is 0 Å². The van der Waals surface area contributed by atoms with Gasteiger partial charge in [0.15, 0.2) is 0 Å². The molecule has 0 radical (unpaired) electrons. The van der Waals surface area contributed by atoms with Gasteiger partial charge in [0.2, 0.25) is 0 Å². The summed E-state index contributed by atoms with van der Waals surface area (Å²) in [5, 5.41) is 0. The largest absolute Gasteiger partial charge is 0.464 e. The third-order valence-corrected chi connectivity index (χ3v) is 3.47. The third-order valence-electron chi connectivity index (χ3n) is 3.47. The lowest BCUT2D eigenvalue weighted by Gasteiger charge is -2.27. The van der Waals surface area contributed by atoms with Crippen LogP contribution in [-0.4, -0.2) is 31.3 Å². The summed E-state index contributed by atoms with van der Waals surface area (Å²) in [6.45, 7) is 3.06. The van der Waals surface area contributed by atoms with E-state index in [9.17, 15) is 4.79 Å². The monoisotopic (exact) mass is 257 g/mol. The molecular weight excluding hydrogens is 230 g/mol. The van der Waals surface area contributed by atoms with Crippen molar-refractivity contribution >= 4 is 5.97 Å². The fraction of sp³-hybridized carbons (Fsp3) is 0.929. The van der Waals surface area contributed by atoms with Gasteiger partial charge < -0.3 is 15.2 Å². The first-order chi connectivity index (χ1) is 8.66. The van der Waals surface area contributed by atoms with Gasteiger partial charge in [0.1, 0.15) is 6.61 Å². The van der Waals surface area contributed by atoms with Crippen LogP contribution in [0.15, 0.2) is 0 Å². The highest BCUT2D eigenvalue weighted by molar-refractivity contribution is 5.70. The molecule has 1 rings (SSSR count). The molecule has 0 aromatic heterocycles. The van der Waals surface area contributed by atoms with Crippen molar-refractivity contribution in [2.45, 2.75) is 63.8 Å². The molecule has 1 saturated carbocycles. The van der Waals surface area contributed by atoms with Crippen molar-refractivity contribution < 1.29 is 14.3 Å². The van der Waals surface area contributed by atoms with E-state index in [1.165, 1.54) is 25.7 Å². The summed E-state index contributed by atoms with van der Waals surface area (Å²) in [5.41, 5.74) is 6.05. The molecule has 18 heavy (non-hydrogen) atoms. The molecule has 0 aliphatic heterocycles. The third kappa shape index (κ3) is 6.36. The van der Waals surface area contributed by atoms with Gasteiger partial charge in [-0.2, -0.15) is 0 Å². The van der Waals surface area contributed by atoms with Gasteiger partial charge in [0, 0.05) is 5.54 Å². The van der Waals surface area contributed by atoms with Crippen LogP contribution in [0.25, 0.3) is 0 Å². The Hall–Kier alpha value is -0.610. The normalized spacial score (nSPS) is 19.2. The van der Waals surface area contributed by atoms with E-state index in [0.717, 1.165) is 25.7 Å². The van der Waals surface area contributed by atoms with Crippen molar-refractivity contribution in [3.8, 4) is 0 Å². The molecular formula is C14H27NO3. The Morgan fingerprint density at radius 3 is 2.50 bits per heavy atom. The first-order valence-corrected chi connectivity index (χ1v) is 7.18. The Kier molecular flexibility index (Phi) is 7.28. The Balaban J connectivity index is 2.13. The SMILES string of the molecule is CCCCOC(=O)COCC1(N)CCCCCC1. The molecule has 0 aromatic carbocycles. The molecule has 106 valence electrons. The van der Waals surface area contributed by atoms with Crippen LogP contribution in [0.3, 0.4) is 0 Å². The number of unbranched alkanes of at least 4 members (excludes halogenated alkanes) is 1. The number of hydrogen-bond acceptors (Lipinski definition) is 4. The Bertz CT molecular complexity index is 235. The molecule has 0 heterocycles. The number of carbonyl (C=O) groups is 1. The van der Waals surface area contributed by atoms with E-state index in [2.05, 4.69) is 6.92 Å². The maximum absolute atomic E-state index is 11.3. The quantitative estimate of drug-likeness (QED) is 0.432. The van der Waals surface area contributed by atoms with E-state index in [0.29, 0.717) is 13.2 Å². The lowest BCUT2D eigenvalue weighted by Crippen LogP contribution is -2.44. The highest BCUT2D eigenvalue weighted by Gasteiger charge is 2.26. The number of rotatable bonds is 7. The van der Waals surface area contributed by atoms with E-state index in [1.807, 2.05) is 0 Å². The van der Waals surface area contributed by atoms with E-state index in [-0.39, 0.29) is 18.1 Å². The van der Waals surface area contributed by atoms with Crippen LogP contribution in [0.4, 0.5) is 0 Å². The zero-order valence-electron chi connectivity index (χ0n) is 11.6. The highest BCUT2D eigenvalue weighted by atomic mass is 16.6. The van der Waals surface area contributed by atoms with Crippen molar-refractivity contribution in [1.82, 2.24) is 0 Å². The van der Waals surface area contributed by atoms with Crippen LogP contribution >= 0.6 is 0 Å². The molecule has 0 spiro atoms. The van der Waals surface area contributed by atoms with Crippen LogP contribution < -0.4 is 5.73 Å². The summed E-state index contributed by atoms with van der Waals surface area (Å²) in [6, 6.07) is 0. The number of nitrogens with two attached hydrogens (primary N) is 1. The average Bonchev–Trinajstić information content (AvgIpc) is 2.55. The second-order valence-corrected chi connectivity index (χ2v) is 5.34. The van der Waals surface area contributed by atoms with Crippen LogP contribution in [-0.2, 0) is 14.3 Å². The number of hydrogen-bond donors (Lipinski definition) is 1. The first-order valence-electron chi connectivity index (χ1n) is 7.18.